The summed E-state index contributed by atoms with van der Waals surface area (Å²) in [6.45, 7) is 6.82. The fourth-order valence-electron chi connectivity index (χ4n) is 4.12. The Morgan fingerprint density at radius 1 is 1.12 bits per heavy atom. The highest BCUT2D eigenvalue weighted by molar-refractivity contribution is 5.45. The number of aliphatic hydroxyl groups excluding tert-OH is 1. The first-order chi connectivity index (χ1) is 12.2. The highest BCUT2D eigenvalue weighted by atomic mass is 16.5. The van der Waals surface area contributed by atoms with E-state index in [-0.39, 0.29) is 0 Å². The molecule has 1 aromatic rings. The van der Waals surface area contributed by atoms with Crippen molar-refractivity contribution in [1.82, 2.24) is 4.90 Å². The lowest BCUT2D eigenvalue weighted by molar-refractivity contribution is -0.0225. The lowest BCUT2D eigenvalue weighted by Gasteiger charge is -2.35. The van der Waals surface area contributed by atoms with Crippen LogP contribution in [0.4, 0.5) is 5.69 Å². The SMILES string of the molecule is Cc1ccc(NC2CCN(CCC3CC(CCO)CCO3)CC2)cc1. The van der Waals surface area contributed by atoms with Crippen molar-refractivity contribution >= 4 is 5.69 Å². The highest BCUT2D eigenvalue weighted by Crippen LogP contribution is 2.25. The summed E-state index contributed by atoms with van der Waals surface area (Å²) in [5, 5.41) is 12.8. The van der Waals surface area contributed by atoms with E-state index in [0.29, 0.717) is 24.7 Å². The van der Waals surface area contributed by atoms with Crippen LogP contribution in [0.15, 0.2) is 24.3 Å². The third-order valence-corrected chi connectivity index (χ3v) is 5.79. The Morgan fingerprint density at radius 3 is 2.60 bits per heavy atom. The maximum atomic E-state index is 9.13. The summed E-state index contributed by atoms with van der Waals surface area (Å²) >= 11 is 0. The van der Waals surface area contributed by atoms with Crippen molar-refractivity contribution in [3.05, 3.63) is 29.8 Å². The third-order valence-electron chi connectivity index (χ3n) is 5.79. The van der Waals surface area contributed by atoms with E-state index in [4.69, 9.17) is 9.84 Å². The number of hydrogen-bond donors (Lipinski definition) is 2. The summed E-state index contributed by atoms with van der Waals surface area (Å²) in [6.07, 6.45) is 7.15. The number of nitrogens with one attached hydrogen (secondary N) is 1. The van der Waals surface area contributed by atoms with Gasteiger partial charge in [0.05, 0.1) is 6.10 Å². The van der Waals surface area contributed by atoms with Crippen LogP contribution in [0.25, 0.3) is 0 Å². The number of aliphatic hydroxyl groups is 1. The number of ether oxygens (including phenoxy) is 1. The van der Waals surface area contributed by atoms with Gasteiger partial charge in [0.1, 0.15) is 0 Å². The standard InChI is InChI=1S/C21H34N2O2/c1-17-2-4-19(5-3-17)22-20-6-11-23(12-7-20)13-8-21-16-18(9-14-24)10-15-25-21/h2-5,18,20-22,24H,6-16H2,1H3. The predicted octanol–water partition coefficient (Wildman–Crippen LogP) is 3.44. The second kappa shape index (κ2) is 9.56. The molecule has 0 radical (unpaired) electrons. The molecule has 2 aliphatic rings. The normalized spacial score (nSPS) is 25.8. The lowest BCUT2D eigenvalue weighted by Crippen LogP contribution is -2.40. The van der Waals surface area contributed by atoms with E-state index in [9.17, 15) is 0 Å². The molecule has 0 amide bonds. The van der Waals surface area contributed by atoms with Gasteiger partial charge in [-0.15, -0.1) is 0 Å². The number of anilines is 1. The molecule has 2 saturated heterocycles. The number of likely N-dealkylation sites (tertiary alicyclic amines) is 1. The molecular formula is C21H34N2O2. The zero-order chi connectivity index (χ0) is 17.5. The second-order valence-electron chi connectivity index (χ2n) is 7.81. The van der Waals surface area contributed by atoms with Gasteiger partial charge in [-0.2, -0.15) is 0 Å². The largest absolute Gasteiger partial charge is 0.396 e. The van der Waals surface area contributed by atoms with Crippen molar-refractivity contribution in [3.63, 3.8) is 0 Å². The molecule has 1 aromatic carbocycles. The first-order valence-corrected chi connectivity index (χ1v) is 10.0. The van der Waals surface area contributed by atoms with Crippen molar-refractivity contribution in [3.8, 4) is 0 Å². The molecule has 4 nitrogen and oxygen atoms in total. The average Bonchev–Trinajstić information content (AvgIpc) is 2.64. The second-order valence-corrected chi connectivity index (χ2v) is 7.81. The quantitative estimate of drug-likeness (QED) is 0.794. The number of rotatable bonds is 7. The zero-order valence-corrected chi connectivity index (χ0v) is 15.6. The number of benzene rings is 1. The molecule has 0 spiro atoms. The van der Waals surface area contributed by atoms with Crippen LogP contribution >= 0.6 is 0 Å². The molecular weight excluding hydrogens is 312 g/mol. The van der Waals surface area contributed by atoms with Crippen LogP contribution < -0.4 is 5.32 Å². The van der Waals surface area contributed by atoms with Crippen molar-refractivity contribution in [2.45, 2.75) is 57.6 Å². The van der Waals surface area contributed by atoms with Crippen molar-refractivity contribution < 1.29 is 9.84 Å². The first kappa shape index (κ1) is 18.7. The van der Waals surface area contributed by atoms with Crippen LogP contribution in [0.3, 0.4) is 0 Å². The van der Waals surface area contributed by atoms with Crippen LogP contribution in [-0.2, 0) is 4.74 Å². The summed E-state index contributed by atoms with van der Waals surface area (Å²) in [5.41, 5.74) is 2.56. The van der Waals surface area contributed by atoms with Gasteiger partial charge in [-0.25, -0.2) is 0 Å². The van der Waals surface area contributed by atoms with E-state index in [2.05, 4.69) is 41.4 Å². The molecule has 2 heterocycles. The average molecular weight is 347 g/mol. The van der Waals surface area contributed by atoms with E-state index in [0.717, 1.165) is 38.8 Å². The van der Waals surface area contributed by atoms with Crippen LogP contribution in [0.5, 0.6) is 0 Å². The fraction of sp³-hybridized carbons (Fsp3) is 0.714. The van der Waals surface area contributed by atoms with Crippen molar-refractivity contribution in [2.75, 3.05) is 38.2 Å². The van der Waals surface area contributed by atoms with Gasteiger partial charge in [-0.1, -0.05) is 17.7 Å². The van der Waals surface area contributed by atoms with Crippen molar-refractivity contribution in [2.24, 2.45) is 5.92 Å². The van der Waals surface area contributed by atoms with Gasteiger partial charge in [0.2, 0.25) is 0 Å². The molecule has 0 saturated carbocycles. The predicted molar refractivity (Wildman–Crippen MR) is 103 cm³/mol. The van der Waals surface area contributed by atoms with Gasteiger partial charge in [0, 0.05) is 44.6 Å². The first-order valence-electron chi connectivity index (χ1n) is 10.0. The molecule has 140 valence electrons. The zero-order valence-electron chi connectivity index (χ0n) is 15.6. The van der Waals surface area contributed by atoms with E-state index >= 15 is 0 Å². The Balaban J connectivity index is 1.34. The van der Waals surface area contributed by atoms with E-state index in [1.807, 2.05) is 0 Å². The molecule has 3 rings (SSSR count). The molecule has 25 heavy (non-hydrogen) atoms. The molecule has 4 heteroatoms. The van der Waals surface area contributed by atoms with Crippen molar-refractivity contribution in [1.29, 1.82) is 0 Å². The van der Waals surface area contributed by atoms with E-state index < -0.39 is 0 Å². The van der Waals surface area contributed by atoms with Gasteiger partial charge < -0.3 is 20.1 Å². The molecule has 0 aromatic heterocycles. The number of piperidine rings is 1. The number of nitrogens with zero attached hydrogens (tertiary/aromatic N) is 1. The summed E-state index contributed by atoms with van der Waals surface area (Å²) in [4.78, 5) is 2.59. The van der Waals surface area contributed by atoms with Crippen LogP contribution in [0.1, 0.15) is 44.1 Å². The third kappa shape index (κ3) is 5.98. The minimum Gasteiger partial charge on any atom is -0.396 e. The van der Waals surface area contributed by atoms with Gasteiger partial charge in [-0.3, -0.25) is 0 Å². The van der Waals surface area contributed by atoms with Gasteiger partial charge in [-0.05, 0) is 63.5 Å². The Morgan fingerprint density at radius 2 is 1.88 bits per heavy atom. The maximum absolute atomic E-state index is 9.13. The van der Waals surface area contributed by atoms with Crippen LogP contribution in [0.2, 0.25) is 0 Å². The Labute approximate surface area is 152 Å². The van der Waals surface area contributed by atoms with E-state index in [1.165, 1.54) is 37.2 Å². The van der Waals surface area contributed by atoms with Gasteiger partial charge in [0.25, 0.3) is 0 Å². The monoisotopic (exact) mass is 346 g/mol. The minimum absolute atomic E-state index is 0.318. The highest BCUT2D eigenvalue weighted by Gasteiger charge is 2.24. The smallest absolute Gasteiger partial charge is 0.0590 e. The molecule has 0 aliphatic carbocycles. The lowest BCUT2D eigenvalue weighted by atomic mass is 9.91. The molecule has 2 aliphatic heterocycles. The van der Waals surface area contributed by atoms with Gasteiger partial charge >= 0.3 is 0 Å². The molecule has 2 N–H and O–H groups in total. The summed E-state index contributed by atoms with van der Waals surface area (Å²) in [6, 6.07) is 9.31. The minimum atomic E-state index is 0.318. The Kier molecular flexibility index (Phi) is 7.14. The van der Waals surface area contributed by atoms with Crippen LogP contribution in [0, 0.1) is 12.8 Å². The topological polar surface area (TPSA) is 44.7 Å². The molecule has 2 atom stereocenters. The molecule has 0 bridgehead atoms. The van der Waals surface area contributed by atoms with Crippen LogP contribution in [-0.4, -0.2) is 55.0 Å². The maximum Gasteiger partial charge on any atom is 0.0590 e. The van der Waals surface area contributed by atoms with Gasteiger partial charge in [0.15, 0.2) is 0 Å². The Hall–Kier alpha value is -1.10. The molecule has 2 unspecified atom stereocenters. The Bertz CT molecular complexity index is 495. The number of aryl methyl sites for hydroxylation is 1. The van der Waals surface area contributed by atoms with E-state index in [1.54, 1.807) is 0 Å². The summed E-state index contributed by atoms with van der Waals surface area (Å²) in [5.74, 6) is 0.660. The molecule has 2 fully saturated rings. The number of hydrogen-bond acceptors (Lipinski definition) is 4. The summed E-state index contributed by atoms with van der Waals surface area (Å²) < 4.78 is 5.93. The summed E-state index contributed by atoms with van der Waals surface area (Å²) in [7, 11) is 0. The fourth-order valence-corrected chi connectivity index (χ4v) is 4.12.